The molecule has 0 atom stereocenters. The molecule has 1 nitrogen and oxygen atoms in total. The molecule has 1 aromatic rings. The maximum absolute atomic E-state index is 10.9. The second kappa shape index (κ2) is 6.62. The summed E-state index contributed by atoms with van der Waals surface area (Å²) in [4.78, 5) is 10.9. The second-order valence-corrected chi connectivity index (χ2v) is 4.06. The zero-order valence-electron chi connectivity index (χ0n) is 8.72. The first-order valence-corrected chi connectivity index (χ1v) is 6.38. The van der Waals surface area contributed by atoms with E-state index in [2.05, 4.69) is 34.4 Å². The molecule has 0 N–H and O–H groups in total. The normalized spacial score (nSPS) is 9.20. The third kappa shape index (κ3) is 4.48. The molecule has 0 aliphatic rings. The van der Waals surface area contributed by atoms with E-state index in [-0.39, 0.29) is 5.78 Å². The number of hydrogen-bond acceptors (Lipinski definition) is 1. The fraction of sp³-hybridized carbons (Fsp3) is 0.308. The first kappa shape index (κ1) is 12.3. The highest BCUT2D eigenvalue weighted by molar-refractivity contribution is 14.1. The summed E-state index contributed by atoms with van der Waals surface area (Å²) < 4.78 is 0.832. The number of benzene rings is 1. The Labute approximate surface area is 104 Å². The molecule has 0 unspecified atom stereocenters. The van der Waals surface area contributed by atoms with Crippen LogP contribution in [0.25, 0.3) is 0 Å². The predicted octanol–water partition coefficient (Wildman–Crippen LogP) is 2.99. The van der Waals surface area contributed by atoms with Gasteiger partial charge in [-0.2, -0.15) is 0 Å². The van der Waals surface area contributed by atoms with Crippen LogP contribution in [0.3, 0.4) is 0 Å². The third-order valence-corrected chi connectivity index (χ3v) is 2.44. The largest absolute Gasteiger partial charge is 0.300 e. The number of halogens is 1. The SMILES string of the molecule is CC(=O)CCc1ccccc1C#CCI. The summed E-state index contributed by atoms with van der Waals surface area (Å²) in [7, 11) is 0. The van der Waals surface area contributed by atoms with Gasteiger partial charge in [-0.1, -0.05) is 52.6 Å². The number of Topliss-reactive ketones (excluding diaryl/α,β-unsaturated/α-hetero) is 1. The maximum Gasteiger partial charge on any atom is 0.130 e. The number of rotatable bonds is 3. The average molecular weight is 312 g/mol. The molecule has 0 radical (unpaired) electrons. The molecule has 0 spiro atoms. The van der Waals surface area contributed by atoms with Crippen LogP contribution in [0.5, 0.6) is 0 Å². The molecular weight excluding hydrogens is 299 g/mol. The Morgan fingerprint density at radius 3 is 2.80 bits per heavy atom. The minimum atomic E-state index is 0.228. The van der Waals surface area contributed by atoms with Gasteiger partial charge in [0, 0.05) is 12.0 Å². The fourth-order valence-electron chi connectivity index (χ4n) is 1.30. The van der Waals surface area contributed by atoms with Gasteiger partial charge in [-0.25, -0.2) is 0 Å². The highest BCUT2D eigenvalue weighted by atomic mass is 127. The molecule has 0 aliphatic heterocycles. The quantitative estimate of drug-likeness (QED) is 0.476. The summed E-state index contributed by atoms with van der Waals surface area (Å²) in [6.45, 7) is 1.62. The van der Waals surface area contributed by atoms with E-state index in [0.29, 0.717) is 6.42 Å². The maximum atomic E-state index is 10.9. The summed E-state index contributed by atoms with van der Waals surface area (Å²) in [6, 6.07) is 8.02. The summed E-state index contributed by atoms with van der Waals surface area (Å²) >= 11 is 2.23. The van der Waals surface area contributed by atoms with Gasteiger partial charge in [0.15, 0.2) is 0 Å². The predicted molar refractivity (Wildman–Crippen MR) is 71.2 cm³/mol. The van der Waals surface area contributed by atoms with Gasteiger partial charge in [0.25, 0.3) is 0 Å². The van der Waals surface area contributed by atoms with Gasteiger partial charge in [-0.3, -0.25) is 0 Å². The molecule has 2 heteroatoms. The molecule has 0 saturated heterocycles. The zero-order valence-corrected chi connectivity index (χ0v) is 10.9. The van der Waals surface area contributed by atoms with E-state index in [9.17, 15) is 4.79 Å². The molecule has 0 amide bonds. The molecule has 0 heterocycles. The molecule has 0 aromatic heterocycles. The van der Waals surface area contributed by atoms with Gasteiger partial charge >= 0.3 is 0 Å². The van der Waals surface area contributed by atoms with E-state index in [1.54, 1.807) is 6.92 Å². The van der Waals surface area contributed by atoms with Crippen molar-refractivity contribution in [3.63, 3.8) is 0 Å². The van der Waals surface area contributed by atoms with Crippen molar-refractivity contribution in [3.8, 4) is 11.8 Å². The first-order chi connectivity index (χ1) is 7.24. The Bertz CT molecular complexity index is 398. The molecule has 0 saturated carbocycles. The number of carbonyl (C=O) groups is 1. The molecule has 15 heavy (non-hydrogen) atoms. The van der Waals surface area contributed by atoms with Gasteiger partial charge in [-0.05, 0) is 25.0 Å². The third-order valence-electron chi connectivity index (χ3n) is 2.05. The molecule has 1 aromatic carbocycles. The van der Waals surface area contributed by atoms with Crippen molar-refractivity contribution in [1.29, 1.82) is 0 Å². The van der Waals surface area contributed by atoms with Crippen molar-refractivity contribution in [2.75, 3.05) is 4.43 Å². The molecule has 0 bridgehead atoms. The summed E-state index contributed by atoms with van der Waals surface area (Å²) in [5.74, 6) is 6.39. The molecular formula is C13H13IO. The van der Waals surface area contributed by atoms with Crippen LogP contribution < -0.4 is 0 Å². The van der Waals surface area contributed by atoms with E-state index in [1.807, 2.05) is 24.3 Å². The minimum absolute atomic E-state index is 0.228. The number of carbonyl (C=O) groups excluding carboxylic acids is 1. The smallest absolute Gasteiger partial charge is 0.130 e. The van der Waals surface area contributed by atoms with Crippen LogP contribution >= 0.6 is 22.6 Å². The van der Waals surface area contributed by atoms with Gasteiger partial charge in [-0.15, -0.1) is 0 Å². The van der Waals surface area contributed by atoms with E-state index < -0.39 is 0 Å². The topological polar surface area (TPSA) is 17.1 Å². The highest BCUT2D eigenvalue weighted by Gasteiger charge is 2.00. The van der Waals surface area contributed by atoms with Crippen LogP contribution in [-0.2, 0) is 11.2 Å². The Kier molecular flexibility index (Phi) is 5.41. The number of aryl methyl sites for hydroxylation is 1. The number of ketones is 1. The van der Waals surface area contributed by atoms with Crippen LogP contribution in [0.1, 0.15) is 24.5 Å². The second-order valence-electron chi connectivity index (χ2n) is 3.29. The Hall–Kier alpha value is -0.820. The lowest BCUT2D eigenvalue weighted by Gasteiger charge is -2.02. The highest BCUT2D eigenvalue weighted by Crippen LogP contribution is 2.10. The van der Waals surface area contributed by atoms with Crippen LogP contribution in [0.2, 0.25) is 0 Å². The van der Waals surface area contributed by atoms with E-state index in [0.717, 1.165) is 16.4 Å². The number of hydrogen-bond donors (Lipinski definition) is 0. The van der Waals surface area contributed by atoms with Crippen molar-refractivity contribution >= 4 is 28.4 Å². The summed E-state index contributed by atoms with van der Waals surface area (Å²) in [6.07, 6.45) is 1.39. The van der Waals surface area contributed by atoms with E-state index in [4.69, 9.17) is 0 Å². The van der Waals surface area contributed by atoms with Crippen molar-refractivity contribution in [2.24, 2.45) is 0 Å². The van der Waals surface area contributed by atoms with Crippen LogP contribution in [-0.4, -0.2) is 10.2 Å². The van der Waals surface area contributed by atoms with Crippen molar-refractivity contribution in [1.82, 2.24) is 0 Å². The van der Waals surface area contributed by atoms with E-state index >= 15 is 0 Å². The fourth-order valence-corrected chi connectivity index (χ4v) is 1.49. The lowest BCUT2D eigenvalue weighted by atomic mass is 10.0. The van der Waals surface area contributed by atoms with Crippen LogP contribution in [0, 0.1) is 11.8 Å². The lowest BCUT2D eigenvalue weighted by molar-refractivity contribution is -0.116. The summed E-state index contributed by atoms with van der Waals surface area (Å²) in [5, 5.41) is 0. The zero-order chi connectivity index (χ0) is 11.1. The Morgan fingerprint density at radius 1 is 1.40 bits per heavy atom. The van der Waals surface area contributed by atoms with Gasteiger partial charge < -0.3 is 4.79 Å². The Balaban J connectivity index is 2.81. The van der Waals surface area contributed by atoms with Gasteiger partial charge in [0.1, 0.15) is 5.78 Å². The molecule has 0 fully saturated rings. The van der Waals surface area contributed by atoms with Crippen molar-refractivity contribution in [3.05, 3.63) is 35.4 Å². The first-order valence-electron chi connectivity index (χ1n) is 4.86. The van der Waals surface area contributed by atoms with Crippen molar-refractivity contribution in [2.45, 2.75) is 19.8 Å². The Morgan fingerprint density at radius 2 is 2.13 bits per heavy atom. The monoisotopic (exact) mass is 312 g/mol. The minimum Gasteiger partial charge on any atom is -0.300 e. The van der Waals surface area contributed by atoms with Crippen LogP contribution in [0.4, 0.5) is 0 Å². The van der Waals surface area contributed by atoms with Crippen molar-refractivity contribution < 1.29 is 4.79 Å². The summed E-state index contributed by atoms with van der Waals surface area (Å²) in [5.41, 5.74) is 2.22. The molecule has 0 aliphatic carbocycles. The van der Waals surface area contributed by atoms with E-state index in [1.165, 1.54) is 5.56 Å². The molecule has 1 rings (SSSR count). The molecule has 78 valence electrons. The average Bonchev–Trinajstić information content (AvgIpc) is 2.24. The lowest BCUT2D eigenvalue weighted by Crippen LogP contribution is -1.96. The van der Waals surface area contributed by atoms with Crippen LogP contribution in [0.15, 0.2) is 24.3 Å². The number of alkyl halides is 1. The van der Waals surface area contributed by atoms with Gasteiger partial charge in [0.05, 0.1) is 4.43 Å². The standard InChI is InChI=1S/C13H13IO/c1-11(15)8-9-13-6-3-2-5-12(13)7-4-10-14/h2-3,5-6H,8-10H2,1H3. The van der Waals surface area contributed by atoms with Gasteiger partial charge in [0.2, 0.25) is 0 Å².